The van der Waals surface area contributed by atoms with Gasteiger partial charge in [-0.1, -0.05) is 91.0 Å². The van der Waals surface area contributed by atoms with Crippen molar-refractivity contribution in [2.24, 2.45) is 5.41 Å². The van der Waals surface area contributed by atoms with Crippen LogP contribution in [0.2, 0.25) is 0 Å². The fraction of sp³-hybridized carbons (Fsp3) is 0.300. The molecule has 6 nitrogen and oxygen atoms in total. The highest BCUT2D eigenvalue weighted by Gasteiger charge is 2.58. The van der Waals surface area contributed by atoms with Crippen molar-refractivity contribution >= 4 is 17.8 Å². The van der Waals surface area contributed by atoms with Gasteiger partial charge < -0.3 is 14.5 Å². The predicted octanol–water partition coefficient (Wildman–Crippen LogP) is 4.76. The highest BCUT2D eigenvalue weighted by molar-refractivity contribution is 6.08. The minimum atomic E-state index is -1.60. The molecular weight excluding hydrogens is 452 g/mol. The van der Waals surface area contributed by atoms with Gasteiger partial charge in [-0.05, 0) is 30.5 Å². The quantitative estimate of drug-likeness (QED) is 0.325. The Labute approximate surface area is 212 Å². The number of carbonyl (C=O) groups is 3. The van der Waals surface area contributed by atoms with Crippen molar-refractivity contribution in [3.8, 4) is 0 Å². The molecule has 4 rings (SSSR count). The van der Waals surface area contributed by atoms with Crippen molar-refractivity contribution in [1.82, 2.24) is 9.80 Å². The molecule has 1 aliphatic heterocycles. The maximum Gasteiger partial charge on any atom is 0.324 e. The molecule has 3 aromatic carbocycles. The Hall–Kier alpha value is -3.93. The van der Waals surface area contributed by atoms with E-state index >= 15 is 0 Å². The van der Waals surface area contributed by atoms with Crippen molar-refractivity contribution in [3.63, 3.8) is 0 Å². The molecule has 0 spiro atoms. The number of hydrogen-bond donors (Lipinski definition) is 0. The lowest BCUT2D eigenvalue weighted by molar-refractivity contribution is -0.165. The van der Waals surface area contributed by atoms with Gasteiger partial charge in [0, 0.05) is 19.6 Å². The molecule has 0 aromatic heterocycles. The van der Waals surface area contributed by atoms with E-state index in [0.29, 0.717) is 13.1 Å². The zero-order valence-corrected chi connectivity index (χ0v) is 20.8. The lowest BCUT2D eigenvalue weighted by Crippen LogP contribution is -2.50. The molecule has 0 aliphatic carbocycles. The number of rotatable bonds is 9. The number of carbonyl (C=O) groups excluding carboxylic acids is 3. The number of amides is 2. The van der Waals surface area contributed by atoms with E-state index in [2.05, 4.69) is 0 Å². The third-order valence-electron chi connectivity index (χ3n) is 6.76. The average Bonchev–Trinajstić information content (AvgIpc) is 3.27. The topological polar surface area (TPSA) is 66.9 Å². The summed E-state index contributed by atoms with van der Waals surface area (Å²) < 4.78 is 5.42. The van der Waals surface area contributed by atoms with Gasteiger partial charge in [0.25, 0.3) is 0 Å². The smallest absolute Gasteiger partial charge is 0.324 e. The number of hydrogen-bond acceptors (Lipinski definition) is 4. The van der Waals surface area contributed by atoms with Gasteiger partial charge in [-0.3, -0.25) is 14.4 Å². The number of esters is 1. The first-order chi connectivity index (χ1) is 17.4. The number of benzene rings is 3. The van der Waals surface area contributed by atoms with Crippen molar-refractivity contribution in [3.05, 3.63) is 108 Å². The maximum atomic E-state index is 14.3. The van der Waals surface area contributed by atoms with E-state index in [1.165, 1.54) is 0 Å². The van der Waals surface area contributed by atoms with Gasteiger partial charge in [0.05, 0.1) is 19.1 Å². The Kier molecular flexibility index (Phi) is 7.84. The molecule has 1 heterocycles. The molecule has 6 heteroatoms. The van der Waals surface area contributed by atoms with Crippen LogP contribution < -0.4 is 0 Å². The number of likely N-dealkylation sites (tertiary alicyclic amines) is 1. The summed E-state index contributed by atoms with van der Waals surface area (Å²) in [6.07, 6.45) is -0.206. The molecule has 0 N–H and O–H groups in total. The minimum Gasteiger partial charge on any atom is -0.465 e. The Morgan fingerprint density at radius 2 is 1.39 bits per heavy atom. The van der Waals surface area contributed by atoms with Crippen molar-refractivity contribution in [1.29, 1.82) is 0 Å². The Morgan fingerprint density at radius 3 is 1.89 bits per heavy atom. The predicted molar refractivity (Wildman–Crippen MR) is 137 cm³/mol. The van der Waals surface area contributed by atoms with Crippen LogP contribution in [-0.2, 0) is 32.2 Å². The van der Waals surface area contributed by atoms with E-state index in [1.54, 1.807) is 16.7 Å². The van der Waals surface area contributed by atoms with Crippen LogP contribution in [0.1, 0.15) is 43.0 Å². The van der Waals surface area contributed by atoms with Gasteiger partial charge >= 0.3 is 5.97 Å². The molecule has 1 fully saturated rings. The van der Waals surface area contributed by atoms with Crippen LogP contribution in [-0.4, -0.2) is 40.7 Å². The fourth-order valence-electron chi connectivity index (χ4n) is 4.81. The summed E-state index contributed by atoms with van der Waals surface area (Å²) in [5.74, 6) is -1.26. The number of ether oxygens (including phenoxy) is 1. The molecule has 2 amide bonds. The van der Waals surface area contributed by atoms with E-state index in [9.17, 15) is 14.4 Å². The molecule has 0 bridgehead atoms. The third-order valence-corrected chi connectivity index (χ3v) is 6.76. The van der Waals surface area contributed by atoms with Crippen LogP contribution in [0, 0.1) is 5.41 Å². The van der Waals surface area contributed by atoms with Crippen LogP contribution in [0.3, 0.4) is 0 Å². The summed E-state index contributed by atoms with van der Waals surface area (Å²) >= 11 is 0. The van der Waals surface area contributed by atoms with Crippen molar-refractivity contribution in [2.75, 3.05) is 13.2 Å². The van der Waals surface area contributed by atoms with Crippen LogP contribution in [0.15, 0.2) is 91.0 Å². The van der Waals surface area contributed by atoms with E-state index in [-0.39, 0.29) is 37.4 Å². The van der Waals surface area contributed by atoms with Gasteiger partial charge in [0.1, 0.15) is 0 Å². The molecule has 3 aromatic rings. The van der Waals surface area contributed by atoms with Gasteiger partial charge in [-0.2, -0.15) is 0 Å². The van der Waals surface area contributed by atoms with Gasteiger partial charge in [-0.15, -0.1) is 0 Å². The largest absolute Gasteiger partial charge is 0.465 e. The highest BCUT2D eigenvalue weighted by atomic mass is 16.5. The molecule has 0 saturated carbocycles. The summed E-state index contributed by atoms with van der Waals surface area (Å²) in [6, 6.07) is 28.7. The molecule has 1 aliphatic rings. The SMILES string of the molecule is CCOC(=O)[C@@]1(C(=O)N(Cc2ccccc2)Cc2ccccc2)CC(=O)N([C@H](C)c2ccccc2)C1. The van der Waals surface area contributed by atoms with Crippen molar-refractivity contribution < 1.29 is 19.1 Å². The summed E-state index contributed by atoms with van der Waals surface area (Å²) in [4.78, 5) is 44.3. The summed E-state index contributed by atoms with van der Waals surface area (Å²) in [5, 5.41) is 0. The second-order valence-corrected chi connectivity index (χ2v) is 9.22. The van der Waals surface area contributed by atoms with E-state index in [0.717, 1.165) is 16.7 Å². The van der Waals surface area contributed by atoms with E-state index in [4.69, 9.17) is 4.74 Å². The second-order valence-electron chi connectivity index (χ2n) is 9.22. The molecule has 0 unspecified atom stereocenters. The van der Waals surface area contributed by atoms with Gasteiger partial charge in [-0.25, -0.2) is 0 Å². The zero-order valence-electron chi connectivity index (χ0n) is 20.8. The Bertz CT molecular complexity index is 1140. The van der Waals surface area contributed by atoms with Crippen LogP contribution in [0.5, 0.6) is 0 Å². The second kappa shape index (κ2) is 11.2. The molecular formula is C30H32N2O4. The van der Waals surface area contributed by atoms with Crippen LogP contribution in [0.4, 0.5) is 0 Å². The Balaban J connectivity index is 1.69. The highest BCUT2D eigenvalue weighted by Crippen LogP contribution is 2.40. The summed E-state index contributed by atoms with van der Waals surface area (Å²) in [5.41, 5.74) is 1.24. The lowest BCUT2D eigenvalue weighted by Gasteiger charge is -2.33. The summed E-state index contributed by atoms with van der Waals surface area (Å²) in [6.45, 7) is 4.39. The molecule has 186 valence electrons. The normalized spacial score (nSPS) is 18.1. The molecule has 36 heavy (non-hydrogen) atoms. The van der Waals surface area contributed by atoms with Crippen molar-refractivity contribution in [2.45, 2.75) is 39.4 Å². The van der Waals surface area contributed by atoms with Crippen LogP contribution >= 0.6 is 0 Å². The zero-order chi connectivity index (χ0) is 25.5. The first-order valence-corrected chi connectivity index (χ1v) is 12.3. The average molecular weight is 485 g/mol. The van der Waals surface area contributed by atoms with Gasteiger partial charge in [0.15, 0.2) is 5.41 Å². The molecule has 1 saturated heterocycles. The Morgan fingerprint density at radius 1 is 0.889 bits per heavy atom. The molecule has 0 radical (unpaired) electrons. The lowest BCUT2D eigenvalue weighted by atomic mass is 9.84. The monoisotopic (exact) mass is 484 g/mol. The first-order valence-electron chi connectivity index (χ1n) is 12.3. The third kappa shape index (κ3) is 5.33. The van der Waals surface area contributed by atoms with E-state index in [1.807, 2.05) is 97.9 Å². The van der Waals surface area contributed by atoms with Crippen LogP contribution in [0.25, 0.3) is 0 Å². The maximum absolute atomic E-state index is 14.3. The van der Waals surface area contributed by atoms with Gasteiger partial charge in [0.2, 0.25) is 11.8 Å². The fourth-order valence-corrected chi connectivity index (χ4v) is 4.81. The number of nitrogens with zero attached hydrogens (tertiary/aromatic N) is 2. The first kappa shape index (κ1) is 25.2. The minimum absolute atomic E-state index is 0.0142. The summed E-state index contributed by atoms with van der Waals surface area (Å²) in [7, 11) is 0. The van der Waals surface area contributed by atoms with E-state index < -0.39 is 11.4 Å². The standard InChI is InChI=1S/C30H32N2O4/c1-3-36-29(35)30(19-27(33)32(22-30)23(2)26-17-11-6-12-18-26)28(34)31(20-24-13-7-4-8-14-24)21-25-15-9-5-10-16-25/h4-18,23H,3,19-22H2,1-2H3/t23-,30+/m1/s1. The molecule has 2 atom stereocenters.